The van der Waals surface area contributed by atoms with E-state index in [1.54, 1.807) is 36.4 Å². The maximum Gasteiger partial charge on any atom is 0.266 e. The number of benzene rings is 1. The van der Waals surface area contributed by atoms with Crippen LogP contribution in [0, 0.1) is 0 Å². The molecule has 1 aliphatic heterocycles. The van der Waals surface area contributed by atoms with Crippen molar-refractivity contribution in [2.45, 2.75) is 6.92 Å². The van der Waals surface area contributed by atoms with Crippen molar-refractivity contribution in [3.63, 3.8) is 0 Å². The van der Waals surface area contributed by atoms with Crippen molar-refractivity contribution in [1.82, 2.24) is 4.98 Å². The molecule has 8 heteroatoms. The molecular formula is C17H16N4O4. The molecule has 3 amide bonds. The number of fused-ring (bicyclic) bond motifs is 1. The monoisotopic (exact) mass is 340 g/mol. The standard InChI is InChI=1S/C17H16N4O4/c1-11(22)19-12-4-6-13(7-5-12)20-15(23)9-21-16(24)10-25-14-3-2-8-18-17(14)21/h2-8H,9-10H2,1H3,(H,19,22)(H,20,23). The summed E-state index contributed by atoms with van der Waals surface area (Å²) in [6.45, 7) is 1.12. The van der Waals surface area contributed by atoms with Gasteiger partial charge in [-0.3, -0.25) is 19.3 Å². The van der Waals surface area contributed by atoms with Gasteiger partial charge in [0.05, 0.1) is 0 Å². The number of rotatable bonds is 4. The van der Waals surface area contributed by atoms with E-state index in [4.69, 9.17) is 4.74 Å². The number of carbonyl (C=O) groups excluding carboxylic acids is 3. The normalized spacial score (nSPS) is 12.8. The lowest BCUT2D eigenvalue weighted by atomic mass is 10.2. The molecule has 0 atom stereocenters. The fraction of sp³-hybridized carbons (Fsp3) is 0.176. The van der Waals surface area contributed by atoms with E-state index in [1.807, 2.05) is 0 Å². The van der Waals surface area contributed by atoms with Gasteiger partial charge in [-0.15, -0.1) is 0 Å². The lowest BCUT2D eigenvalue weighted by Crippen LogP contribution is -2.43. The number of nitrogens with zero attached hydrogens (tertiary/aromatic N) is 2. The molecule has 25 heavy (non-hydrogen) atoms. The zero-order valence-electron chi connectivity index (χ0n) is 13.5. The van der Waals surface area contributed by atoms with Gasteiger partial charge in [-0.05, 0) is 36.4 Å². The summed E-state index contributed by atoms with van der Waals surface area (Å²) in [5, 5.41) is 5.35. The average molecular weight is 340 g/mol. The number of anilines is 3. The predicted molar refractivity (Wildman–Crippen MR) is 91.5 cm³/mol. The van der Waals surface area contributed by atoms with Crippen molar-refractivity contribution in [1.29, 1.82) is 0 Å². The molecule has 2 heterocycles. The quantitative estimate of drug-likeness (QED) is 0.876. The van der Waals surface area contributed by atoms with E-state index in [0.717, 1.165) is 0 Å². The topological polar surface area (TPSA) is 101 Å². The zero-order chi connectivity index (χ0) is 17.8. The van der Waals surface area contributed by atoms with E-state index in [-0.39, 0.29) is 30.9 Å². The van der Waals surface area contributed by atoms with Crippen LogP contribution in [0.4, 0.5) is 17.2 Å². The molecule has 2 aromatic rings. The van der Waals surface area contributed by atoms with Crippen LogP contribution in [0.15, 0.2) is 42.6 Å². The summed E-state index contributed by atoms with van der Waals surface area (Å²) in [6, 6.07) is 10.1. The minimum atomic E-state index is -0.362. The summed E-state index contributed by atoms with van der Waals surface area (Å²) in [6.07, 6.45) is 1.53. The molecular weight excluding hydrogens is 324 g/mol. The zero-order valence-corrected chi connectivity index (χ0v) is 13.5. The Morgan fingerprint density at radius 1 is 1.16 bits per heavy atom. The Balaban J connectivity index is 1.66. The number of hydrogen-bond acceptors (Lipinski definition) is 5. The molecule has 2 N–H and O–H groups in total. The number of hydrogen-bond donors (Lipinski definition) is 2. The molecule has 0 bridgehead atoms. The largest absolute Gasteiger partial charge is 0.480 e. The van der Waals surface area contributed by atoms with Gasteiger partial charge in [0, 0.05) is 24.5 Å². The van der Waals surface area contributed by atoms with Crippen LogP contribution in [0.1, 0.15) is 6.92 Å². The molecule has 0 spiro atoms. The Morgan fingerprint density at radius 3 is 2.52 bits per heavy atom. The fourth-order valence-electron chi connectivity index (χ4n) is 2.38. The molecule has 0 fully saturated rings. The van der Waals surface area contributed by atoms with E-state index >= 15 is 0 Å². The Labute approximate surface area is 143 Å². The summed E-state index contributed by atoms with van der Waals surface area (Å²) >= 11 is 0. The Morgan fingerprint density at radius 2 is 1.84 bits per heavy atom. The number of aromatic nitrogens is 1. The highest BCUT2D eigenvalue weighted by Gasteiger charge is 2.28. The molecule has 1 aromatic carbocycles. The van der Waals surface area contributed by atoms with Gasteiger partial charge in [0.25, 0.3) is 5.91 Å². The van der Waals surface area contributed by atoms with Crippen LogP contribution >= 0.6 is 0 Å². The van der Waals surface area contributed by atoms with Crippen molar-refractivity contribution in [2.75, 3.05) is 28.7 Å². The number of nitrogens with one attached hydrogen (secondary N) is 2. The minimum absolute atomic E-state index is 0.128. The third-order valence-corrected chi connectivity index (χ3v) is 3.45. The van der Waals surface area contributed by atoms with Crippen LogP contribution in [0.25, 0.3) is 0 Å². The maximum atomic E-state index is 12.3. The summed E-state index contributed by atoms with van der Waals surface area (Å²) in [7, 11) is 0. The van der Waals surface area contributed by atoms with Gasteiger partial charge in [-0.25, -0.2) is 4.98 Å². The molecule has 1 aliphatic rings. The molecule has 0 unspecified atom stereocenters. The molecule has 8 nitrogen and oxygen atoms in total. The number of pyridine rings is 1. The fourth-order valence-corrected chi connectivity index (χ4v) is 2.38. The number of carbonyl (C=O) groups is 3. The van der Waals surface area contributed by atoms with Crippen molar-refractivity contribution in [2.24, 2.45) is 0 Å². The van der Waals surface area contributed by atoms with Crippen LogP contribution in [0.5, 0.6) is 5.75 Å². The first kappa shape index (κ1) is 16.4. The molecule has 0 saturated carbocycles. The average Bonchev–Trinajstić information content (AvgIpc) is 2.59. The van der Waals surface area contributed by atoms with Crippen LogP contribution in [0.2, 0.25) is 0 Å². The third kappa shape index (κ3) is 3.92. The first-order valence-electron chi connectivity index (χ1n) is 7.58. The molecule has 0 radical (unpaired) electrons. The summed E-state index contributed by atoms with van der Waals surface area (Å²) < 4.78 is 5.29. The number of ether oxygens (including phenoxy) is 1. The van der Waals surface area contributed by atoms with Gasteiger partial charge >= 0.3 is 0 Å². The lowest BCUT2D eigenvalue weighted by molar-refractivity contribution is -0.123. The summed E-state index contributed by atoms with van der Waals surface area (Å²) in [5.41, 5.74) is 1.19. The van der Waals surface area contributed by atoms with E-state index in [9.17, 15) is 14.4 Å². The van der Waals surface area contributed by atoms with E-state index in [2.05, 4.69) is 15.6 Å². The van der Waals surface area contributed by atoms with Crippen molar-refractivity contribution in [3.05, 3.63) is 42.6 Å². The van der Waals surface area contributed by atoms with E-state index < -0.39 is 0 Å². The Kier molecular flexibility index (Phi) is 4.60. The highest BCUT2D eigenvalue weighted by Crippen LogP contribution is 2.28. The second-order valence-corrected chi connectivity index (χ2v) is 5.40. The van der Waals surface area contributed by atoms with Gasteiger partial charge in [0.2, 0.25) is 11.8 Å². The first-order chi connectivity index (χ1) is 12.0. The minimum Gasteiger partial charge on any atom is -0.480 e. The molecule has 3 rings (SSSR count). The van der Waals surface area contributed by atoms with Crippen LogP contribution < -0.4 is 20.3 Å². The van der Waals surface area contributed by atoms with E-state index in [0.29, 0.717) is 22.9 Å². The third-order valence-electron chi connectivity index (χ3n) is 3.45. The lowest BCUT2D eigenvalue weighted by Gasteiger charge is -2.27. The predicted octanol–water partition coefficient (Wildman–Crippen LogP) is 1.40. The Hall–Kier alpha value is -3.42. The van der Waals surface area contributed by atoms with Crippen LogP contribution in [-0.2, 0) is 14.4 Å². The van der Waals surface area contributed by atoms with Gasteiger partial charge in [0.1, 0.15) is 6.54 Å². The molecule has 1 aromatic heterocycles. The summed E-state index contributed by atoms with van der Waals surface area (Å²) in [5.74, 6) is -0.0697. The van der Waals surface area contributed by atoms with Gasteiger partial charge in [-0.1, -0.05) is 0 Å². The number of amides is 3. The second-order valence-electron chi connectivity index (χ2n) is 5.40. The van der Waals surface area contributed by atoms with E-state index in [1.165, 1.54) is 18.0 Å². The van der Waals surface area contributed by atoms with Crippen LogP contribution in [0.3, 0.4) is 0 Å². The molecule has 0 saturated heterocycles. The summed E-state index contributed by atoms with van der Waals surface area (Å²) in [4.78, 5) is 40.7. The van der Waals surface area contributed by atoms with Gasteiger partial charge < -0.3 is 15.4 Å². The van der Waals surface area contributed by atoms with Gasteiger partial charge in [-0.2, -0.15) is 0 Å². The first-order valence-corrected chi connectivity index (χ1v) is 7.58. The second kappa shape index (κ2) is 7.00. The smallest absolute Gasteiger partial charge is 0.266 e. The Bertz CT molecular complexity index is 820. The highest BCUT2D eigenvalue weighted by atomic mass is 16.5. The highest BCUT2D eigenvalue weighted by molar-refractivity contribution is 6.04. The molecule has 0 aliphatic carbocycles. The van der Waals surface area contributed by atoms with Crippen LogP contribution in [-0.4, -0.2) is 35.9 Å². The SMILES string of the molecule is CC(=O)Nc1ccc(NC(=O)CN2C(=O)COc3cccnc32)cc1. The van der Waals surface area contributed by atoms with Crippen molar-refractivity contribution < 1.29 is 19.1 Å². The van der Waals surface area contributed by atoms with Crippen molar-refractivity contribution >= 4 is 34.9 Å². The van der Waals surface area contributed by atoms with Crippen molar-refractivity contribution in [3.8, 4) is 5.75 Å². The van der Waals surface area contributed by atoms with Gasteiger partial charge in [0.15, 0.2) is 18.2 Å². The molecule has 128 valence electrons. The maximum absolute atomic E-state index is 12.3.